The molecular weight excluding hydrogens is 247 g/mol. The first-order valence-electron chi connectivity index (χ1n) is 6.49. The second-order valence-corrected chi connectivity index (χ2v) is 6.19. The zero-order chi connectivity index (χ0) is 14.2. The minimum atomic E-state index is -0.564. The number of nitrogens with zero attached hydrogens (tertiary/aromatic N) is 1. The molecule has 0 amide bonds. The zero-order valence-corrected chi connectivity index (χ0v) is 11.4. The minimum Gasteiger partial charge on any atom is -0.374 e. The van der Waals surface area contributed by atoms with Gasteiger partial charge in [0.2, 0.25) is 0 Å². The summed E-state index contributed by atoms with van der Waals surface area (Å²) in [5, 5.41) is 14.0. The maximum atomic E-state index is 13.8. The highest BCUT2D eigenvalue weighted by Gasteiger charge is 2.37. The number of nitro benzene ring substituents is 1. The monoisotopic (exact) mass is 266 g/mol. The first kappa shape index (κ1) is 13.8. The molecule has 0 aromatic heterocycles. The molecule has 4 nitrogen and oxygen atoms in total. The summed E-state index contributed by atoms with van der Waals surface area (Å²) in [6.45, 7) is 6.43. The van der Waals surface area contributed by atoms with Crippen LogP contribution in [0.4, 0.5) is 15.8 Å². The molecular formula is C14H19FN2O2. The van der Waals surface area contributed by atoms with E-state index in [2.05, 4.69) is 26.1 Å². The predicted molar refractivity (Wildman–Crippen MR) is 72.6 cm³/mol. The molecule has 1 aromatic carbocycles. The fourth-order valence-corrected chi connectivity index (χ4v) is 3.08. The molecule has 0 spiro atoms. The summed E-state index contributed by atoms with van der Waals surface area (Å²) in [5.74, 6) is -0.194. The normalized spacial score (nSPS) is 25.3. The van der Waals surface area contributed by atoms with Gasteiger partial charge < -0.3 is 5.32 Å². The summed E-state index contributed by atoms with van der Waals surface area (Å²) < 4.78 is 13.8. The summed E-state index contributed by atoms with van der Waals surface area (Å²) in [5.41, 5.74) is 0.0101. The van der Waals surface area contributed by atoms with Crippen LogP contribution in [0.15, 0.2) is 18.2 Å². The number of anilines is 1. The summed E-state index contributed by atoms with van der Waals surface area (Å²) >= 11 is 0. The van der Waals surface area contributed by atoms with Crippen molar-refractivity contribution in [2.45, 2.75) is 39.7 Å². The van der Waals surface area contributed by atoms with Crippen LogP contribution >= 0.6 is 0 Å². The molecule has 0 saturated heterocycles. The summed E-state index contributed by atoms with van der Waals surface area (Å²) in [6.07, 6.45) is 1.92. The Hall–Kier alpha value is -1.65. The van der Waals surface area contributed by atoms with Crippen molar-refractivity contribution in [2.75, 3.05) is 5.32 Å². The van der Waals surface area contributed by atoms with Crippen LogP contribution in [-0.4, -0.2) is 11.0 Å². The Morgan fingerprint density at radius 3 is 2.63 bits per heavy atom. The topological polar surface area (TPSA) is 55.2 Å². The van der Waals surface area contributed by atoms with E-state index in [4.69, 9.17) is 0 Å². The van der Waals surface area contributed by atoms with Gasteiger partial charge in [0.25, 0.3) is 5.69 Å². The van der Waals surface area contributed by atoms with E-state index in [0.29, 0.717) is 5.92 Å². The van der Waals surface area contributed by atoms with Crippen LogP contribution in [0.1, 0.15) is 33.6 Å². The van der Waals surface area contributed by atoms with Crippen LogP contribution < -0.4 is 5.32 Å². The number of nitro groups is 1. The Bertz CT molecular complexity index is 502. The maximum absolute atomic E-state index is 13.8. The molecule has 19 heavy (non-hydrogen) atoms. The van der Waals surface area contributed by atoms with Gasteiger partial charge in [-0.05, 0) is 30.2 Å². The zero-order valence-electron chi connectivity index (χ0n) is 11.4. The maximum Gasteiger partial charge on any atom is 0.295 e. The number of halogens is 1. The van der Waals surface area contributed by atoms with Crippen LogP contribution in [0.3, 0.4) is 0 Å². The molecule has 2 unspecified atom stereocenters. The van der Waals surface area contributed by atoms with Crippen LogP contribution in [-0.2, 0) is 0 Å². The lowest BCUT2D eigenvalue weighted by atomic mass is 9.91. The number of para-hydroxylation sites is 1. The quantitative estimate of drug-likeness (QED) is 0.665. The lowest BCUT2D eigenvalue weighted by Gasteiger charge is -2.20. The van der Waals surface area contributed by atoms with E-state index in [1.165, 1.54) is 18.2 Å². The van der Waals surface area contributed by atoms with Crippen LogP contribution in [0.2, 0.25) is 0 Å². The van der Waals surface area contributed by atoms with E-state index in [9.17, 15) is 14.5 Å². The molecule has 0 heterocycles. The average Bonchev–Trinajstić information content (AvgIpc) is 2.54. The van der Waals surface area contributed by atoms with Gasteiger partial charge in [-0.3, -0.25) is 10.1 Å². The van der Waals surface area contributed by atoms with Gasteiger partial charge in [0.15, 0.2) is 5.82 Å². The molecule has 1 aromatic rings. The Labute approximate surface area is 112 Å². The van der Waals surface area contributed by atoms with E-state index in [1.807, 2.05) is 0 Å². The fourth-order valence-electron chi connectivity index (χ4n) is 3.08. The van der Waals surface area contributed by atoms with Crippen molar-refractivity contribution in [3.63, 3.8) is 0 Å². The van der Waals surface area contributed by atoms with Crippen molar-refractivity contribution >= 4 is 11.4 Å². The molecule has 0 bridgehead atoms. The third kappa shape index (κ3) is 2.85. The average molecular weight is 266 g/mol. The van der Waals surface area contributed by atoms with Gasteiger partial charge in [-0.15, -0.1) is 0 Å². The third-order valence-electron chi connectivity index (χ3n) is 3.85. The number of benzene rings is 1. The molecule has 1 aliphatic rings. The molecule has 104 valence electrons. The van der Waals surface area contributed by atoms with Gasteiger partial charge in [-0.25, -0.2) is 4.39 Å². The molecule has 0 radical (unpaired) electrons. The van der Waals surface area contributed by atoms with Crippen LogP contribution in [0, 0.1) is 27.3 Å². The largest absolute Gasteiger partial charge is 0.374 e. The summed E-state index contributed by atoms with van der Waals surface area (Å²) in [7, 11) is 0. The highest BCUT2D eigenvalue weighted by Crippen LogP contribution is 2.43. The molecule has 0 aliphatic heterocycles. The highest BCUT2D eigenvalue weighted by molar-refractivity contribution is 5.62. The van der Waals surface area contributed by atoms with Crippen LogP contribution in [0.25, 0.3) is 0 Å². The molecule has 5 heteroatoms. The number of hydrogen-bond donors (Lipinski definition) is 1. The van der Waals surface area contributed by atoms with Crippen molar-refractivity contribution < 1.29 is 9.31 Å². The van der Waals surface area contributed by atoms with E-state index in [-0.39, 0.29) is 22.8 Å². The lowest BCUT2D eigenvalue weighted by Crippen LogP contribution is -2.23. The molecule has 1 N–H and O–H groups in total. The number of rotatable bonds is 3. The molecule has 1 saturated carbocycles. The predicted octanol–water partition coefficient (Wildman–Crippen LogP) is 3.97. The SMILES string of the molecule is CC1CC(C)(C)CC1Nc1c(F)cccc1[N+](=O)[O-]. The Morgan fingerprint density at radius 2 is 2.11 bits per heavy atom. The van der Waals surface area contributed by atoms with Crippen LogP contribution in [0.5, 0.6) is 0 Å². The second kappa shape index (κ2) is 4.79. The summed E-state index contributed by atoms with van der Waals surface area (Å²) in [6, 6.07) is 4.02. The van der Waals surface area contributed by atoms with Gasteiger partial charge >= 0.3 is 0 Å². The summed E-state index contributed by atoms with van der Waals surface area (Å²) in [4.78, 5) is 10.4. The Morgan fingerprint density at radius 1 is 1.42 bits per heavy atom. The van der Waals surface area contributed by atoms with Crippen molar-refractivity contribution in [3.8, 4) is 0 Å². The molecule has 2 rings (SSSR count). The molecule has 2 atom stereocenters. The van der Waals surface area contributed by atoms with Crippen molar-refractivity contribution in [1.29, 1.82) is 0 Å². The smallest absolute Gasteiger partial charge is 0.295 e. The van der Waals surface area contributed by atoms with E-state index in [0.717, 1.165) is 12.8 Å². The highest BCUT2D eigenvalue weighted by atomic mass is 19.1. The minimum absolute atomic E-state index is 0.0158. The van der Waals surface area contributed by atoms with Crippen molar-refractivity contribution in [3.05, 3.63) is 34.1 Å². The standard InChI is InChI=1S/C14H19FN2O2/c1-9-7-14(2,3)8-11(9)16-13-10(15)5-4-6-12(13)17(18)19/h4-6,9,11,16H,7-8H2,1-3H3. The lowest BCUT2D eigenvalue weighted by molar-refractivity contribution is -0.384. The van der Waals surface area contributed by atoms with E-state index >= 15 is 0 Å². The molecule has 1 aliphatic carbocycles. The molecule has 1 fully saturated rings. The van der Waals surface area contributed by atoms with Gasteiger partial charge in [0.1, 0.15) is 5.69 Å². The first-order valence-corrected chi connectivity index (χ1v) is 6.49. The van der Waals surface area contributed by atoms with E-state index < -0.39 is 10.7 Å². The van der Waals surface area contributed by atoms with Gasteiger partial charge in [-0.2, -0.15) is 0 Å². The van der Waals surface area contributed by atoms with Gasteiger partial charge in [0, 0.05) is 12.1 Å². The fraction of sp³-hybridized carbons (Fsp3) is 0.571. The Balaban J connectivity index is 2.27. The second-order valence-electron chi connectivity index (χ2n) is 6.19. The number of hydrogen-bond acceptors (Lipinski definition) is 3. The van der Waals surface area contributed by atoms with Crippen molar-refractivity contribution in [1.82, 2.24) is 0 Å². The third-order valence-corrected chi connectivity index (χ3v) is 3.85. The number of nitrogens with one attached hydrogen (secondary N) is 1. The Kier molecular flexibility index (Phi) is 3.47. The van der Waals surface area contributed by atoms with Gasteiger partial charge in [-0.1, -0.05) is 26.8 Å². The van der Waals surface area contributed by atoms with Crippen molar-refractivity contribution in [2.24, 2.45) is 11.3 Å². The van der Waals surface area contributed by atoms with E-state index in [1.54, 1.807) is 0 Å². The first-order chi connectivity index (χ1) is 8.80. The van der Waals surface area contributed by atoms with Gasteiger partial charge in [0.05, 0.1) is 4.92 Å².